The molecule has 4 heteroatoms. The molecule has 1 heterocycles. The molecule has 1 aliphatic heterocycles. The van der Waals surface area contributed by atoms with Gasteiger partial charge in [-0.3, -0.25) is 4.90 Å². The van der Waals surface area contributed by atoms with Gasteiger partial charge in [-0.1, -0.05) is 30.3 Å². The Hall–Kier alpha value is -0.940. The molecule has 0 amide bonds. The Morgan fingerprint density at radius 2 is 1.88 bits per heavy atom. The van der Waals surface area contributed by atoms with Crippen LogP contribution in [0.25, 0.3) is 0 Å². The maximum absolute atomic E-state index is 9.65. The standard InChI is InChI=1S/C12H17NO3/c14-8-10-12(16)11(15)7-13(10)6-9-4-2-1-3-5-9/h1-5,10-12,14-16H,6-8H2/t10-,11-,12+/m0/s1. The van der Waals surface area contributed by atoms with Crippen molar-refractivity contribution in [2.24, 2.45) is 0 Å². The van der Waals surface area contributed by atoms with Crippen LogP contribution in [0, 0.1) is 0 Å². The van der Waals surface area contributed by atoms with E-state index in [0.29, 0.717) is 13.1 Å². The third kappa shape index (κ3) is 2.25. The van der Waals surface area contributed by atoms with Crippen LogP contribution in [0.1, 0.15) is 5.56 Å². The lowest BCUT2D eigenvalue weighted by Gasteiger charge is -2.23. The first-order valence-corrected chi connectivity index (χ1v) is 5.47. The molecule has 0 bridgehead atoms. The average molecular weight is 223 g/mol. The van der Waals surface area contributed by atoms with Crippen LogP contribution in [0.5, 0.6) is 0 Å². The van der Waals surface area contributed by atoms with E-state index < -0.39 is 12.2 Å². The summed E-state index contributed by atoms with van der Waals surface area (Å²) < 4.78 is 0. The van der Waals surface area contributed by atoms with Gasteiger partial charge >= 0.3 is 0 Å². The molecule has 1 fully saturated rings. The van der Waals surface area contributed by atoms with Crippen LogP contribution < -0.4 is 0 Å². The summed E-state index contributed by atoms with van der Waals surface area (Å²) in [6, 6.07) is 9.46. The van der Waals surface area contributed by atoms with Crippen molar-refractivity contribution in [3.05, 3.63) is 35.9 Å². The molecular formula is C12H17NO3. The number of benzene rings is 1. The normalized spacial score (nSPS) is 30.8. The highest BCUT2D eigenvalue weighted by atomic mass is 16.3. The Morgan fingerprint density at radius 1 is 1.19 bits per heavy atom. The van der Waals surface area contributed by atoms with Crippen molar-refractivity contribution in [2.45, 2.75) is 24.8 Å². The van der Waals surface area contributed by atoms with Crippen LogP contribution in [0.4, 0.5) is 0 Å². The van der Waals surface area contributed by atoms with Crippen LogP contribution in [-0.2, 0) is 6.54 Å². The van der Waals surface area contributed by atoms with E-state index in [1.54, 1.807) is 0 Å². The number of aliphatic hydroxyl groups is 3. The van der Waals surface area contributed by atoms with Gasteiger partial charge in [0, 0.05) is 13.1 Å². The Labute approximate surface area is 94.8 Å². The Morgan fingerprint density at radius 3 is 2.50 bits per heavy atom. The smallest absolute Gasteiger partial charge is 0.0988 e. The molecule has 0 spiro atoms. The maximum Gasteiger partial charge on any atom is 0.0988 e. The van der Waals surface area contributed by atoms with Crippen molar-refractivity contribution < 1.29 is 15.3 Å². The molecule has 1 saturated heterocycles. The predicted octanol–water partition coefficient (Wildman–Crippen LogP) is -0.415. The van der Waals surface area contributed by atoms with Gasteiger partial charge in [0.2, 0.25) is 0 Å². The van der Waals surface area contributed by atoms with Gasteiger partial charge < -0.3 is 15.3 Å². The molecule has 4 nitrogen and oxygen atoms in total. The number of rotatable bonds is 3. The van der Waals surface area contributed by atoms with E-state index >= 15 is 0 Å². The topological polar surface area (TPSA) is 63.9 Å². The fourth-order valence-electron chi connectivity index (χ4n) is 2.18. The monoisotopic (exact) mass is 223 g/mol. The summed E-state index contributed by atoms with van der Waals surface area (Å²) in [5, 5.41) is 28.4. The number of nitrogens with zero attached hydrogens (tertiary/aromatic N) is 1. The minimum atomic E-state index is -0.853. The number of aliphatic hydroxyl groups excluding tert-OH is 3. The van der Waals surface area contributed by atoms with Gasteiger partial charge in [0.05, 0.1) is 24.9 Å². The molecular weight excluding hydrogens is 206 g/mol. The SMILES string of the molecule is OC[C@H]1[C@@H](O)[C@@H](O)CN1Cc1ccccc1. The molecule has 1 aromatic carbocycles. The highest BCUT2D eigenvalue weighted by Gasteiger charge is 2.38. The molecule has 0 aliphatic carbocycles. The molecule has 1 aliphatic rings. The maximum atomic E-state index is 9.65. The van der Waals surface area contributed by atoms with E-state index in [1.165, 1.54) is 0 Å². The molecule has 2 rings (SSSR count). The predicted molar refractivity (Wildman–Crippen MR) is 59.7 cm³/mol. The Bertz CT molecular complexity index is 330. The van der Waals surface area contributed by atoms with Crippen LogP contribution >= 0.6 is 0 Å². The lowest BCUT2D eigenvalue weighted by atomic mass is 10.1. The molecule has 0 saturated carbocycles. The first-order valence-electron chi connectivity index (χ1n) is 5.47. The molecule has 0 aromatic heterocycles. The summed E-state index contributed by atoms with van der Waals surface area (Å²) in [6.45, 7) is 0.909. The van der Waals surface area contributed by atoms with E-state index in [-0.39, 0.29) is 12.6 Å². The second kappa shape index (κ2) is 4.93. The van der Waals surface area contributed by atoms with Crippen LogP contribution in [0.15, 0.2) is 30.3 Å². The molecule has 0 radical (unpaired) electrons. The summed E-state index contributed by atoms with van der Waals surface area (Å²) in [7, 11) is 0. The molecule has 0 unspecified atom stereocenters. The first kappa shape index (κ1) is 11.5. The number of β-amino-alcohol motifs (C(OH)–C–C–N with tert-alkyl or cyclic N) is 1. The fourth-order valence-corrected chi connectivity index (χ4v) is 2.18. The quantitative estimate of drug-likeness (QED) is 0.651. The van der Waals surface area contributed by atoms with Crippen LogP contribution in [-0.4, -0.2) is 51.6 Å². The molecule has 1 aromatic rings. The summed E-state index contributed by atoms with van der Waals surface area (Å²) in [6.07, 6.45) is -1.62. The fraction of sp³-hybridized carbons (Fsp3) is 0.500. The largest absolute Gasteiger partial charge is 0.395 e. The van der Waals surface area contributed by atoms with E-state index in [1.807, 2.05) is 35.2 Å². The summed E-state index contributed by atoms with van der Waals surface area (Å²) in [4.78, 5) is 1.91. The van der Waals surface area contributed by atoms with Crippen molar-refractivity contribution in [3.8, 4) is 0 Å². The second-order valence-corrected chi connectivity index (χ2v) is 4.22. The summed E-state index contributed by atoms with van der Waals surface area (Å²) in [5.41, 5.74) is 1.11. The zero-order valence-corrected chi connectivity index (χ0v) is 9.03. The Kier molecular flexibility index (Phi) is 3.56. The van der Waals surface area contributed by atoms with Gasteiger partial charge in [-0.2, -0.15) is 0 Å². The number of hydrogen-bond donors (Lipinski definition) is 3. The Balaban J connectivity index is 2.05. The second-order valence-electron chi connectivity index (χ2n) is 4.22. The summed E-state index contributed by atoms with van der Waals surface area (Å²) in [5.74, 6) is 0. The number of likely N-dealkylation sites (tertiary alicyclic amines) is 1. The number of hydrogen-bond acceptors (Lipinski definition) is 4. The lowest BCUT2D eigenvalue weighted by molar-refractivity contribution is 0.0210. The van der Waals surface area contributed by atoms with Gasteiger partial charge in [-0.05, 0) is 5.56 Å². The minimum absolute atomic E-state index is 0.134. The van der Waals surface area contributed by atoms with Crippen molar-refractivity contribution >= 4 is 0 Å². The molecule has 3 N–H and O–H groups in total. The minimum Gasteiger partial charge on any atom is -0.395 e. The zero-order chi connectivity index (χ0) is 11.5. The van der Waals surface area contributed by atoms with E-state index in [9.17, 15) is 15.3 Å². The first-order chi connectivity index (χ1) is 7.72. The van der Waals surface area contributed by atoms with Crippen molar-refractivity contribution in [1.29, 1.82) is 0 Å². The van der Waals surface area contributed by atoms with Gasteiger partial charge in [-0.25, -0.2) is 0 Å². The molecule has 3 atom stereocenters. The van der Waals surface area contributed by atoms with Gasteiger partial charge in [0.15, 0.2) is 0 Å². The third-order valence-corrected chi connectivity index (χ3v) is 3.09. The van der Waals surface area contributed by atoms with Crippen LogP contribution in [0.3, 0.4) is 0 Å². The van der Waals surface area contributed by atoms with Crippen molar-refractivity contribution in [1.82, 2.24) is 4.90 Å². The average Bonchev–Trinajstić information content (AvgIpc) is 2.56. The highest BCUT2D eigenvalue weighted by molar-refractivity contribution is 5.15. The lowest BCUT2D eigenvalue weighted by Crippen LogP contribution is -2.38. The molecule has 88 valence electrons. The zero-order valence-electron chi connectivity index (χ0n) is 9.03. The van der Waals surface area contributed by atoms with Gasteiger partial charge in [0.25, 0.3) is 0 Å². The van der Waals surface area contributed by atoms with Crippen molar-refractivity contribution in [3.63, 3.8) is 0 Å². The van der Waals surface area contributed by atoms with Crippen LogP contribution in [0.2, 0.25) is 0 Å². The third-order valence-electron chi connectivity index (χ3n) is 3.09. The highest BCUT2D eigenvalue weighted by Crippen LogP contribution is 2.20. The van der Waals surface area contributed by atoms with E-state index in [2.05, 4.69) is 0 Å². The van der Waals surface area contributed by atoms with Gasteiger partial charge in [0.1, 0.15) is 0 Å². The molecule has 16 heavy (non-hydrogen) atoms. The van der Waals surface area contributed by atoms with Gasteiger partial charge in [-0.15, -0.1) is 0 Å². The van der Waals surface area contributed by atoms with E-state index in [4.69, 9.17) is 0 Å². The van der Waals surface area contributed by atoms with E-state index in [0.717, 1.165) is 5.56 Å². The van der Waals surface area contributed by atoms with Crippen molar-refractivity contribution in [2.75, 3.05) is 13.2 Å². The summed E-state index contributed by atoms with van der Waals surface area (Å²) >= 11 is 0.